The van der Waals surface area contributed by atoms with Gasteiger partial charge in [-0.2, -0.15) is 0 Å². The molecule has 0 unspecified atom stereocenters. The molecule has 1 N–H and O–H groups in total. The highest BCUT2D eigenvalue weighted by molar-refractivity contribution is 6.99. The molecule has 1 heterocycles. The second-order valence-electron chi connectivity index (χ2n) is 9.34. The van der Waals surface area contributed by atoms with Gasteiger partial charge in [-0.25, -0.2) is 0 Å². The zero-order chi connectivity index (χ0) is 20.6. The van der Waals surface area contributed by atoms with Crippen molar-refractivity contribution < 1.29 is 19.1 Å². The standard InChI is InChI=1S/C24H30O4Si/c1-24(2,3)29(17-10-6-4-7-11-17,18-12-8-5-9-13-18)27-16-20-19-14-23(26)28-22(19)15-21(20)25/h4-13,19-22,25H,14-16H2,1-3H3/t19-,20-,21-,22+/m1/s1. The Morgan fingerprint density at radius 3 is 2.10 bits per heavy atom. The topological polar surface area (TPSA) is 55.8 Å². The van der Waals surface area contributed by atoms with Crippen LogP contribution >= 0.6 is 0 Å². The fraction of sp³-hybridized carbons (Fsp3) is 0.458. The molecule has 2 aromatic rings. The van der Waals surface area contributed by atoms with E-state index < -0.39 is 14.4 Å². The van der Waals surface area contributed by atoms with E-state index in [0.717, 1.165) is 0 Å². The van der Waals surface area contributed by atoms with Crippen LogP contribution in [-0.4, -0.2) is 38.2 Å². The number of esters is 1. The summed E-state index contributed by atoms with van der Waals surface area (Å²) < 4.78 is 12.4. The van der Waals surface area contributed by atoms with Crippen molar-refractivity contribution in [1.29, 1.82) is 0 Å². The van der Waals surface area contributed by atoms with Gasteiger partial charge in [0.05, 0.1) is 12.5 Å². The molecule has 1 saturated carbocycles. The van der Waals surface area contributed by atoms with Crippen molar-refractivity contribution in [1.82, 2.24) is 0 Å². The summed E-state index contributed by atoms with van der Waals surface area (Å²) in [5.41, 5.74) is 0. The largest absolute Gasteiger partial charge is 0.462 e. The van der Waals surface area contributed by atoms with Crippen LogP contribution in [0.4, 0.5) is 0 Å². The molecule has 5 heteroatoms. The van der Waals surface area contributed by atoms with Crippen LogP contribution in [0.5, 0.6) is 0 Å². The third kappa shape index (κ3) is 3.56. The normalized spacial score (nSPS) is 27.0. The Hall–Kier alpha value is -1.95. The highest BCUT2D eigenvalue weighted by Gasteiger charge is 2.54. The van der Waals surface area contributed by atoms with Gasteiger partial charge in [0.25, 0.3) is 8.32 Å². The minimum absolute atomic E-state index is 0.0516. The van der Waals surface area contributed by atoms with E-state index >= 15 is 0 Å². The highest BCUT2D eigenvalue weighted by atomic mass is 28.4. The molecule has 0 radical (unpaired) electrons. The Bertz CT molecular complexity index is 807. The van der Waals surface area contributed by atoms with Crippen molar-refractivity contribution in [3.8, 4) is 0 Å². The molecule has 2 aliphatic rings. The minimum Gasteiger partial charge on any atom is -0.462 e. The zero-order valence-corrected chi connectivity index (χ0v) is 18.4. The van der Waals surface area contributed by atoms with Gasteiger partial charge in [-0.3, -0.25) is 4.79 Å². The van der Waals surface area contributed by atoms with E-state index in [4.69, 9.17) is 9.16 Å². The number of ether oxygens (including phenoxy) is 1. The van der Waals surface area contributed by atoms with Gasteiger partial charge in [-0.05, 0) is 15.4 Å². The van der Waals surface area contributed by atoms with Gasteiger partial charge in [0, 0.05) is 24.9 Å². The minimum atomic E-state index is -2.64. The number of hydrogen-bond donors (Lipinski definition) is 1. The lowest BCUT2D eigenvalue weighted by Crippen LogP contribution is -2.67. The number of carbonyl (C=O) groups excluding carboxylic acids is 1. The maximum atomic E-state index is 11.8. The lowest BCUT2D eigenvalue weighted by atomic mass is 9.93. The Morgan fingerprint density at radius 2 is 1.59 bits per heavy atom. The first-order valence-electron chi connectivity index (χ1n) is 10.5. The summed E-state index contributed by atoms with van der Waals surface area (Å²) in [6.45, 7) is 7.17. The molecule has 154 valence electrons. The molecule has 1 aliphatic heterocycles. The van der Waals surface area contributed by atoms with E-state index in [1.807, 2.05) is 12.1 Å². The Morgan fingerprint density at radius 1 is 1.03 bits per heavy atom. The molecule has 2 aromatic carbocycles. The van der Waals surface area contributed by atoms with Crippen molar-refractivity contribution in [3.63, 3.8) is 0 Å². The first-order valence-corrected chi connectivity index (χ1v) is 12.4. The molecular weight excluding hydrogens is 380 g/mol. The lowest BCUT2D eigenvalue weighted by molar-refractivity contribution is -0.141. The zero-order valence-electron chi connectivity index (χ0n) is 17.4. The third-order valence-corrected chi connectivity index (χ3v) is 11.6. The van der Waals surface area contributed by atoms with E-state index in [2.05, 4.69) is 69.3 Å². The summed E-state index contributed by atoms with van der Waals surface area (Å²) in [6, 6.07) is 21.0. The van der Waals surface area contributed by atoms with E-state index in [1.54, 1.807) is 0 Å². The molecule has 4 nitrogen and oxygen atoms in total. The molecule has 1 saturated heterocycles. The lowest BCUT2D eigenvalue weighted by Gasteiger charge is -2.44. The molecule has 0 amide bonds. The number of fused-ring (bicyclic) bond motifs is 1. The molecule has 0 bridgehead atoms. The fourth-order valence-corrected chi connectivity index (χ4v) is 9.79. The molecule has 4 atom stereocenters. The van der Waals surface area contributed by atoms with Gasteiger partial charge in [-0.15, -0.1) is 0 Å². The van der Waals surface area contributed by atoms with Crippen LogP contribution in [0.2, 0.25) is 5.04 Å². The van der Waals surface area contributed by atoms with Crippen molar-refractivity contribution in [2.24, 2.45) is 11.8 Å². The number of aliphatic hydroxyl groups excluding tert-OH is 1. The van der Waals surface area contributed by atoms with Crippen LogP contribution in [0, 0.1) is 11.8 Å². The molecule has 4 rings (SSSR count). The average Bonchev–Trinajstić information content (AvgIpc) is 3.18. The average molecular weight is 411 g/mol. The van der Waals surface area contributed by atoms with E-state index in [-0.39, 0.29) is 28.9 Å². The predicted molar refractivity (Wildman–Crippen MR) is 116 cm³/mol. The Balaban J connectivity index is 1.72. The van der Waals surface area contributed by atoms with Crippen LogP contribution in [-0.2, 0) is 14.0 Å². The van der Waals surface area contributed by atoms with E-state index in [0.29, 0.717) is 19.4 Å². The van der Waals surface area contributed by atoms with Crippen molar-refractivity contribution in [2.75, 3.05) is 6.61 Å². The number of hydrogen-bond acceptors (Lipinski definition) is 4. The summed E-state index contributed by atoms with van der Waals surface area (Å²) in [5, 5.41) is 13.0. The van der Waals surface area contributed by atoms with Crippen LogP contribution in [0.3, 0.4) is 0 Å². The smallest absolute Gasteiger partial charge is 0.306 e. The van der Waals surface area contributed by atoms with Gasteiger partial charge < -0.3 is 14.3 Å². The summed E-state index contributed by atoms with van der Waals surface area (Å²) in [6.07, 6.45) is 0.253. The molecular formula is C24H30O4Si. The number of carbonyl (C=O) groups is 1. The second-order valence-corrected chi connectivity index (χ2v) is 13.6. The maximum Gasteiger partial charge on any atom is 0.306 e. The predicted octanol–water partition coefficient (Wildman–Crippen LogP) is 2.88. The van der Waals surface area contributed by atoms with Crippen molar-refractivity contribution >= 4 is 24.7 Å². The van der Waals surface area contributed by atoms with Crippen molar-refractivity contribution in [3.05, 3.63) is 60.7 Å². The van der Waals surface area contributed by atoms with Gasteiger partial charge in [0.2, 0.25) is 0 Å². The van der Waals surface area contributed by atoms with Gasteiger partial charge in [0.1, 0.15) is 6.10 Å². The second kappa shape index (κ2) is 7.71. The Kier molecular flexibility index (Phi) is 5.40. The summed E-state index contributed by atoms with van der Waals surface area (Å²) in [7, 11) is -2.64. The first-order chi connectivity index (χ1) is 13.8. The van der Waals surface area contributed by atoms with Crippen LogP contribution in [0.25, 0.3) is 0 Å². The summed E-state index contributed by atoms with van der Waals surface area (Å²) in [5.74, 6) is -0.175. The molecule has 0 spiro atoms. The summed E-state index contributed by atoms with van der Waals surface area (Å²) in [4.78, 5) is 11.8. The first kappa shape index (κ1) is 20.3. The highest BCUT2D eigenvalue weighted by Crippen LogP contribution is 2.43. The monoisotopic (exact) mass is 410 g/mol. The fourth-order valence-electron chi connectivity index (χ4n) is 5.19. The van der Waals surface area contributed by atoms with Gasteiger partial charge in [0.15, 0.2) is 0 Å². The van der Waals surface area contributed by atoms with E-state index in [9.17, 15) is 9.90 Å². The SMILES string of the molecule is CC(C)(C)[Si](OC[C@@H]1[C@H]2CC(=O)O[C@H]2C[C@H]1O)(c1ccccc1)c1ccccc1. The molecule has 0 aromatic heterocycles. The van der Waals surface area contributed by atoms with Gasteiger partial charge >= 0.3 is 5.97 Å². The van der Waals surface area contributed by atoms with Crippen LogP contribution in [0.1, 0.15) is 33.6 Å². The Labute approximate surface area is 174 Å². The van der Waals surface area contributed by atoms with Gasteiger partial charge in [-0.1, -0.05) is 81.4 Å². The van der Waals surface area contributed by atoms with E-state index in [1.165, 1.54) is 10.4 Å². The van der Waals surface area contributed by atoms with Crippen LogP contribution in [0.15, 0.2) is 60.7 Å². The summed E-state index contributed by atoms with van der Waals surface area (Å²) >= 11 is 0. The number of benzene rings is 2. The number of aliphatic hydroxyl groups is 1. The molecule has 1 aliphatic carbocycles. The molecule has 29 heavy (non-hydrogen) atoms. The van der Waals surface area contributed by atoms with Crippen LogP contribution < -0.4 is 10.4 Å². The number of rotatable bonds is 5. The van der Waals surface area contributed by atoms with Crippen molar-refractivity contribution in [2.45, 2.75) is 50.9 Å². The third-order valence-electron chi connectivity index (χ3n) is 6.59. The quantitative estimate of drug-likeness (QED) is 0.608. The molecule has 2 fully saturated rings. The maximum absolute atomic E-state index is 11.8.